The maximum absolute atomic E-state index is 12.4. The summed E-state index contributed by atoms with van der Waals surface area (Å²) in [5.41, 5.74) is 0.795. The van der Waals surface area contributed by atoms with Gasteiger partial charge in [0.15, 0.2) is 0 Å². The minimum Gasteiger partial charge on any atom is -0.355 e. The van der Waals surface area contributed by atoms with Gasteiger partial charge in [0.2, 0.25) is 11.8 Å². The second kappa shape index (κ2) is 6.95. The SMILES string of the molecule is CC(C)CC(=O)N1CCn2cc(CC(=O)NCC3CC3)nc2[C@H]1C. The summed E-state index contributed by atoms with van der Waals surface area (Å²) in [6, 6.07) is -0.0340. The molecule has 6 nitrogen and oxygen atoms in total. The van der Waals surface area contributed by atoms with E-state index >= 15 is 0 Å². The summed E-state index contributed by atoms with van der Waals surface area (Å²) in [5.74, 6) is 2.17. The van der Waals surface area contributed by atoms with Gasteiger partial charge in [-0.25, -0.2) is 4.98 Å². The smallest absolute Gasteiger partial charge is 0.226 e. The highest BCUT2D eigenvalue weighted by Gasteiger charge is 2.30. The molecule has 3 rings (SSSR count). The largest absolute Gasteiger partial charge is 0.355 e. The fourth-order valence-electron chi connectivity index (χ4n) is 3.25. The Bertz CT molecular complexity index is 619. The van der Waals surface area contributed by atoms with Crippen LogP contribution in [0.4, 0.5) is 0 Å². The average molecular weight is 332 g/mol. The van der Waals surface area contributed by atoms with Crippen LogP contribution in [0.3, 0.4) is 0 Å². The molecule has 1 N–H and O–H groups in total. The van der Waals surface area contributed by atoms with Crippen LogP contribution in [0.1, 0.15) is 57.6 Å². The van der Waals surface area contributed by atoms with Crippen molar-refractivity contribution >= 4 is 11.8 Å². The van der Waals surface area contributed by atoms with Crippen LogP contribution in [-0.4, -0.2) is 39.4 Å². The molecule has 1 saturated carbocycles. The van der Waals surface area contributed by atoms with Crippen molar-refractivity contribution in [2.45, 2.75) is 59.0 Å². The van der Waals surface area contributed by atoms with Gasteiger partial charge in [-0.05, 0) is 31.6 Å². The van der Waals surface area contributed by atoms with E-state index in [4.69, 9.17) is 0 Å². The lowest BCUT2D eigenvalue weighted by Crippen LogP contribution is -2.41. The van der Waals surface area contributed by atoms with Crippen molar-refractivity contribution in [1.82, 2.24) is 19.8 Å². The van der Waals surface area contributed by atoms with Gasteiger partial charge in [0, 0.05) is 32.3 Å². The summed E-state index contributed by atoms with van der Waals surface area (Å²) in [4.78, 5) is 31.0. The van der Waals surface area contributed by atoms with E-state index in [0.717, 1.165) is 24.6 Å². The van der Waals surface area contributed by atoms with Gasteiger partial charge in [0.1, 0.15) is 5.82 Å². The third-order valence-electron chi connectivity index (χ3n) is 4.81. The van der Waals surface area contributed by atoms with Crippen LogP contribution in [0.25, 0.3) is 0 Å². The summed E-state index contributed by atoms with van der Waals surface area (Å²) in [5, 5.41) is 2.98. The van der Waals surface area contributed by atoms with Gasteiger partial charge in [-0.2, -0.15) is 0 Å². The standard InChI is InChI=1S/C18H28N4O2/c1-12(2)8-17(24)22-7-6-21-11-15(20-18(21)13(22)3)9-16(23)19-10-14-4-5-14/h11-14H,4-10H2,1-3H3,(H,19,23)/t13-/m1/s1. The highest BCUT2D eigenvalue weighted by atomic mass is 16.2. The number of imidazole rings is 1. The predicted molar refractivity (Wildman–Crippen MR) is 91.2 cm³/mol. The lowest BCUT2D eigenvalue weighted by Gasteiger charge is -2.34. The first-order chi connectivity index (χ1) is 11.4. The fraction of sp³-hybridized carbons (Fsp3) is 0.722. The molecule has 1 atom stereocenters. The molecule has 132 valence electrons. The number of fused-ring (bicyclic) bond motifs is 1. The molecule has 0 unspecified atom stereocenters. The molecule has 1 aliphatic heterocycles. The molecule has 0 aromatic carbocycles. The summed E-state index contributed by atoms with van der Waals surface area (Å²) in [6.07, 6.45) is 5.32. The Labute approximate surface area is 143 Å². The molecule has 1 aromatic rings. The van der Waals surface area contributed by atoms with Crippen LogP contribution >= 0.6 is 0 Å². The molecule has 24 heavy (non-hydrogen) atoms. The second-order valence-corrected chi connectivity index (χ2v) is 7.57. The van der Waals surface area contributed by atoms with Crippen molar-refractivity contribution in [1.29, 1.82) is 0 Å². The van der Waals surface area contributed by atoms with Crippen LogP contribution in [0.5, 0.6) is 0 Å². The minimum absolute atomic E-state index is 0.0340. The highest BCUT2D eigenvalue weighted by molar-refractivity contribution is 5.78. The lowest BCUT2D eigenvalue weighted by atomic mass is 10.1. The number of hydrogen-bond donors (Lipinski definition) is 1. The molecular formula is C18H28N4O2. The quantitative estimate of drug-likeness (QED) is 0.865. The summed E-state index contributed by atoms with van der Waals surface area (Å²) < 4.78 is 2.09. The van der Waals surface area contributed by atoms with Crippen LogP contribution < -0.4 is 5.32 Å². The number of carbonyl (C=O) groups excluding carboxylic acids is 2. The van der Waals surface area contributed by atoms with E-state index < -0.39 is 0 Å². The number of carbonyl (C=O) groups is 2. The topological polar surface area (TPSA) is 67.2 Å². The van der Waals surface area contributed by atoms with Gasteiger partial charge < -0.3 is 14.8 Å². The van der Waals surface area contributed by atoms with E-state index in [0.29, 0.717) is 31.2 Å². The van der Waals surface area contributed by atoms with Crippen LogP contribution in [0, 0.1) is 11.8 Å². The number of hydrogen-bond acceptors (Lipinski definition) is 3. The van der Waals surface area contributed by atoms with Crippen LogP contribution in [0.15, 0.2) is 6.20 Å². The average Bonchev–Trinajstić information content (AvgIpc) is 3.24. The molecule has 0 saturated heterocycles. The number of nitrogens with one attached hydrogen (secondary N) is 1. The first-order valence-corrected chi connectivity index (χ1v) is 9.06. The Morgan fingerprint density at radius 2 is 2.08 bits per heavy atom. The monoisotopic (exact) mass is 332 g/mol. The second-order valence-electron chi connectivity index (χ2n) is 7.57. The normalized spacial score (nSPS) is 20.2. The number of nitrogens with zero attached hydrogens (tertiary/aromatic N) is 3. The van der Waals surface area contributed by atoms with Gasteiger partial charge in [-0.1, -0.05) is 13.8 Å². The summed E-state index contributed by atoms with van der Waals surface area (Å²) in [7, 11) is 0. The third kappa shape index (κ3) is 3.97. The fourth-order valence-corrected chi connectivity index (χ4v) is 3.25. The van der Waals surface area contributed by atoms with E-state index in [1.54, 1.807) is 0 Å². The van der Waals surface area contributed by atoms with Crippen molar-refractivity contribution < 1.29 is 9.59 Å². The molecule has 2 heterocycles. The van der Waals surface area contributed by atoms with E-state index in [1.165, 1.54) is 12.8 Å². The van der Waals surface area contributed by atoms with Gasteiger partial charge >= 0.3 is 0 Å². The number of aromatic nitrogens is 2. The molecule has 2 aliphatic rings. The Balaban J connectivity index is 1.62. The first-order valence-electron chi connectivity index (χ1n) is 9.06. The van der Waals surface area contributed by atoms with Crippen LogP contribution in [0.2, 0.25) is 0 Å². The Kier molecular flexibility index (Phi) is 4.92. The van der Waals surface area contributed by atoms with Gasteiger partial charge in [-0.3, -0.25) is 9.59 Å². The first kappa shape index (κ1) is 17.0. The molecule has 1 aromatic heterocycles. The van der Waals surface area contributed by atoms with Crippen LogP contribution in [-0.2, 0) is 22.6 Å². The van der Waals surface area contributed by atoms with E-state index in [-0.39, 0.29) is 17.9 Å². The Morgan fingerprint density at radius 1 is 1.33 bits per heavy atom. The van der Waals surface area contributed by atoms with E-state index in [2.05, 4.69) is 28.7 Å². The third-order valence-corrected chi connectivity index (χ3v) is 4.81. The van der Waals surface area contributed by atoms with E-state index in [9.17, 15) is 9.59 Å². The Morgan fingerprint density at radius 3 is 2.75 bits per heavy atom. The lowest BCUT2D eigenvalue weighted by molar-refractivity contribution is -0.135. The predicted octanol–water partition coefficient (Wildman–Crippen LogP) is 1.90. The molecule has 0 bridgehead atoms. The van der Waals surface area contributed by atoms with Gasteiger partial charge in [-0.15, -0.1) is 0 Å². The summed E-state index contributed by atoms with van der Waals surface area (Å²) in [6.45, 7) is 8.40. The molecule has 1 aliphatic carbocycles. The van der Waals surface area contributed by atoms with Crippen molar-refractivity contribution in [2.24, 2.45) is 11.8 Å². The van der Waals surface area contributed by atoms with Gasteiger partial charge in [0.25, 0.3) is 0 Å². The van der Waals surface area contributed by atoms with Gasteiger partial charge in [0.05, 0.1) is 18.2 Å². The maximum Gasteiger partial charge on any atom is 0.226 e. The molecule has 0 radical (unpaired) electrons. The van der Waals surface area contributed by atoms with Crippen molar-refractivity contribution in [3.8, 4) is 0 Å². The zero-order valence-corrected chi connectivity index (χ0v) is 14.9. The summed E-state index contributed by atoms with van der Waals surface area (Å²) >= 11 is 0. The molecule has 1 fully saturated rings. The number of amides is 2. The highest BCUT2D eigenvalue weighted by Crippen LogP contribution is 2.28. The molecule has 0 spiro atoms. The van der Waals surface area contributed by atoms with Crippen molar-refractivity contribution in [3.63, 3.8) is 0 Å². The zero-order valence-electron chi connectivity index (χ0n) is 14.9. The molecule has 2 amide bonds. The van der Waals surface area contributed by atoms with Crippen molar-refractivity contribution in [3.05, 3.63) is 17.7 Å². The maximum atomic E-state index is 12.4. The minimum atomic E-state index is -0.0340. The molecule has 6 heteroatoms. The molecular weight excluding hydrogens is 304 g/mol. The Hall–Kier alpha value is -1.85. The van der Waals surface area contributed by atoms with E-state index in [1.807, 2.05) is 18.0 Å². The van der Waals surface area contributed by atoms with Crippen molar-refractivity contribution in [2.75, 3.05) is 13.1 Å². The number of rotatable bonds is 6. The zero-order chi connectivity index (χ0) is 17.3.